The minimum atomic E-state index is -0.508. The summed E-state index contributed by atoms with van der Waals surface area (Å²) in [4.78, 5) is 13.7. The van der Waals surface area contributed by atoms with Gasteiger partial charge in [0.15, 0.2) is 0 Å². The Kier molecular flexibility index (Phi) is 7.48. The molecule has 0 aromatic heterocycles. The van der Waals surface area contributed by atoms with Crippen molar-refractivity contribution in [1.82, 2.24) is 10.2 Å². The summed E-state index contributed by atoms with van der Waals surface area (Å²) >= 11 is 3.25. The highest BCUT2D eigenvalue weighted by molar-refractivity contribution is 9.10. The Hall–Kier alpha value is -1.14. The molecule has 1 N–H and O–H groups in total. The predicted molar refractivity (Wildman–Crippen MR) is 94.0 cm³/mol. The van der Waals surface area contributed by atoms with Crippen LogP contribution in [-0.4, -0.2) is 36.2 Å². The molecular weight excluding hydrogens is 363 g/mol. The third-order valence-electron chi connectivity index (χ3n) is 3.29. The number of ether oxygens (including phenoxy) is 1. The van der Waals surface area contributed by atoms with Crippen molar-refractivity contribution < 1.29 is 13.9 Å². The van der Waals surface area contributed by atoms with Crippen molar-refractivity contribution in [2.24, 2.45) is 0 Å². The number of amides is 1. The molecule has 0 saturated carbocycles. The largest absolute Gasteiger partial charge is 0.444 e. The van der Waals surface area contributed by atoms with E-state index in [0.29, 0.717) is 29.7 Å². The fourth-order valence-electron chi connectivity index (χ4n) is 2.08. The molecule has 0 saturated heterocycles. The van der Waals surface area contributed by atoms with Crippen molar-refractivity contribution in [3.05, 3.63) is 34.1 Å². The van der Waals surface area contributed by atoms with Crippen LogP contribution in [0.4, 0.5) is 9.18 Å². The summed E-state index contributed by atoms with van der Waals surface area (Å²) in [6.07, 6.45) is -0.329. The van der Waals surface area contributed by atoms with E-state index in [1.165, 1.54) is 6.07 Å². The van der Waals surface area contributed by atoms with Crippen LogP contribution in [0.1, 0.15) is 46.2 Å². The van der Waals surface area contributed by atoms with E-state index in [9.17, 15) is 9.18 Å². The number of hydrogen-bond donors (Lipinski definition) is 1. The molecule has 23 heavy (non-hydrogen) atoms. The second-order valence-corrected chi connectivity index (χ2v) is 7.32. The fourth-order valence-corrected chi connectivity index (χ4v) is 2.42. The lowest BCUT2D eigenvalue weighted by Gasteiger charge is -2.27. The molecule has 6 heteroatoms. The van der Waals surface area contributed by atoms with Crippen molar-refractivity contribution in [2.75, 3.05) is 19.6 Å². The van der Waals surface area contributed by atoms with Gasteiger partial charge in [-0.3, -0.25) is 0 Å². The smallest absolute Gasteiger partial charge is 0.410 e. The van der Waals surface area contributed by atoms with Crippen LogP contribution in [0.5, 0.6) is 0 Å². The number of hydrogen-bond acceptors (Lipinski definition) is 3. The lowest BCUT2D eigenvalue weighted by molar-refractivity contribution is 0.0261. The van der Waals surface area contributed by atoms with E-state index in [4.69, 9.17) is 4.74 Å². The summed E-state index contributed by atoms with van der Waals surface area (Å²) in [5.41, 5.74) is 0.0970. The van der Waals surface area contributed by atoms with E-state index in [0.717, 1.165) is 0 Å². The van der Waals surface area contributed by atoms with Gasteiger partial charge in [0.25, 0.3) is 0 Å². The zero-order valence-corrected chi connectivity index (χ0v) is 16.0. The summed E-state index contributed by atoms with van der Waals surface area (Å²) in [6, 6.07) is 4.88. The lowest BCUT2D eigenvalue weighted by atomic mass is 10.1. The van der Waals surface area contributed by atoms with E-state index in [-0.39, 0.29) is 18.0 Å². The summed E-state index contributed by atoms with van der Waals surface area (Å²) in [6.45, 7) is 11.0. The standard InChI is InChI=1S/C17H26BrFN2O2/c1-6-21(16(22)23-17(3,4)5)10-9-20-12(2)14-8-7-13(18)11-15(14)19/h7-8,11-12,20H,6,9-10H2,1-5H3. The number of nitrogens with zero attached hydrogens (tertiary/aromatic N) is 1. The first kappa shape index (κ1) is 19.9. The van der Waals surface area contributed by atoms with Crippen LogP contribution >= 0.6 is 15.9 Å². The van der Waals surface area contributed by atoms with Gasteiger partial charge in [-0.25, -0.2) is 9.18 Å². The molecule has 1 rings (SSSR count). The van der Waals surface area contributed by atoms with Gasteiger partial charge in [-0.2, -0.15) is 0 Å². The molecule has 1 atom stereocenters. The van der Waals surface area contributed by atoms with Crippen molar-refractivity contribution in [1.29, 1.82) is 0 Å². The SMILES string of the molecule is CCN(CCNC(C)c1ccc(Br)cc1F)C(=O)OC(C)(C)C. The quantitative estimate of drug-likeness (QED) is 0.779. The molecule has 0 fully saturated rings. The van der Waals surface area contributed by atoms with Gasteiger partial charge in [-0.05, 0) is 46.8 Å². The number of carbonyl (C=O) groups excluding carboxylic acids is 1. The maximum absolute atomic E-state index is 13.9. The van der Waals surface area contributed by atoms with Crippen molar-refractivity contribution in [2.45, 2.75) is 46.3 Å². The number of rotatable bonds is 6. The predicted octanol–water partition coefficient (Wildman–Crippen LogP) is 4.50. The van der Waals surface area contributed by atoms with Gasteiger partial charge in [0.1, 0.15) is 11.4 Å². The zero-order chi connectivity index (χ0) is 17.6. The first-order chi connectivity index (χ1) is 10.6. The van der Waals surface area contributed by atoms with Gasteiger partial charge in [0.05, 0.1) is 0 Å². The molecule has 0 radical (unpaired) electrons. The molecule has 1 aromatic carbocycles. The van der Waals surface area contributed by atoms with Gasteiger partial charge in [-0.15, -0.1) is 0 Å². The molecule has 0 bridgehead atoms. The van der Waals surface area contributed by atoms with Crippen LogP contribution in [0.2, 0.25) is 0 Å². The molecule has 0 spiro atoms. The van der Waals surface area contributed by atoms with E-state index < -0.39 is 5.60 Å². The van der Waals surface area contributed by atoms with Crippen LogP contribution in [0.15, 0.2) is 22.7 Å². The van der Waals surface area contributed by atoms with E-state index in [2.05, 4.69) is 21.2 Å². The van der Waals surface area contributed by atoms with Crippen LogP contribution in [0, 0.1) is 5.82 Å². The molecule has 0 aliphatic carbocycles. The Morgan fingerprint density at radius 3 is 2.61 bits per heavy atom. The molecular formula is C17H26BrFN2O2. The maximum Gasteiger partial charge on any atom is 0.410 e. The topological polar surface area (TPSA) is 41.6 Å². The Morgan fingerprint density at radius 2 is 2.09 bits per heavy atom. The number of nitrogens with one attached hydrogen (secondary N) is 1. The van der Waals surface area contributed by atoms with Crippen LogP contribution in [0.25, 0.3) is 0 Å². The van der Waals surface area contributed by atoms with Gasteiger partial charge in [-0.1, -0.05) is 22.0 Å². The first-order valence-corrected chi connectivity index (χ1v) is 8.59. The molecule has 1 unspecified atom stereocenters. The minimum absolute atomic E-state index is 0.138. The fraction of sp³-hybridized carbons (Fsp3) is 0.588. The van der Waals surface area contributed by atoms with Crippen LogP contribution < -0.4 is 5.32 Å². The highest BCUT2D eigenvalue weighted by Crippen LogP contribution is 2.20. The maximum atomic E-state index is 13.9. The second kappa shape index (κ2) is 8.64. The lowest BCUT2D eigenvalue weighted by Crippen LogP contribution is -2.40. The minimum Gasteiger partial charge on any atom is -0.444 e. The molecule has 1 aromatic rings. The third kappa shape index (κ3) is 6.87. The molecule has 0 aliphatic rings. The van der Waals surface area contributed by atoms with Crippen molar-refractivity contribution in [3.8, 4) is 0 Å². The Labute approximate surface area is 146 Å². The molecule has 4 nitrogen and oxygen atoms in total. The molecule has 1 amide bonds. The summed E-state index contributed by atoms with van der Waals surface area (Å²) < 4.78 is 20.0. The third-order valence-corrected chi connectivity index (χ3v) is 3.79. The highest BCUT2D eigenvalue weighted by atomic mass is 79.9. The normalized spacial score (nSPS) is 12.8. The van der Waals surface area contributed by atoms with Crippen LogP contribution in [0.3, 0.4) is 0 Å². The van der Waals surface area contributed by atoms with Crippen LogP contribution in [-0.2, 0) is 4.74 Å². The van der Waals surface area contributed by atoms with E-state index in [1.54, 1.807) is 11.0 Å². The van der Waals surface area contributed by atoms with E-state index in [1.807, 2.05) is 40.7 Å². The van der Waals surface area contributed by atoms with E-state index >= 15 is 0 Å². The Bertz CT molecular complexity index is 532. The molecule has 130 valence electrons. The average Bonchev–Trinajstić information content (AvgIpc) is 2.41. The van der Waals surface area contributed by atoms with Gasteiger partial charge >= 0.3 is 6.09 Å². The second-order valence-electron chi connectivity index (χ2n) is 6.40. The first-order valence-electron chi connectivity index (χ1n) is 7.80. The Balaban J connectivity index is 2.52. The van der Waals surface area contributed by atoms with Gasteiger partial charge in [0.2, 0.25) is 0 Å². The molecule has 0 heterocycles. The average molecular weight is 389 g/mol. The number of likely N-dealkylation sites (N-methyl/N-ethyl adjacent to an activating group) is 1. The van der Waals surface area contributed by atoms with Gasteiger partial charge < -0.3 is 15.0 Å². The highest BCUT2D eigenvalue weighted by Gasteiger charge is 2.21. The zero-order valence-electron chi connectivity index (χ0n) is 14.5. The Morgan fingerprint density at radius 1 is 1.43 bits per heavy atom. The summed E-state index contributed by atoms with van der Waals surface area (Å²) in [7, 11) is 0. The van der Waals surface area contributed by atoms with Crippen molar-refractivity contribution >= 4 is 22.0 Å². The molecule has 0 aliphatic heterocycles. The van der Waals surface area contributed by atoms with Gasteiger partial charge in [0, 0.05) is 35.7 Å². The van der Waals surface area contributed by atoms with Crippen molar-refractivity contribution in [3.63, 3.8) is 0 Å². The number of benzene rings is 1. The summed E-state index contributed by atoms with van der Waals surface area (Å²) in [5.74, 6) is -0.251. The monoisotopic (exact) mass is 388 g/mol. The number of halogens is 2. The summed E-state index contributed by atoms with van der Waals surface area (Å²) in [5, 5.41) is 3.24. The number of carbonyl (C=O) groups is 1.